The Morgan fingerprint density at radius 1 is 0.429 bits per heavy atom. The van der Waals surface area contributed by atoms with Crippen molar-refractivity contribution in [3.8, 4) is 0 Å². The number of hydrogen-bond acceptors (Lipinski definition) is 12. The molecule has 0 bridgehead atoms. The van der Waals surface area contributed by atoms with E-state index in [1.54, 1.807) is 0 Å². The molecule has 0 saturated heterocycles. The minimum absolute atomic E-state index is 0.00303. The molecule has 20 heteroatoms. The molecule has 0 radical (unpaired) electrons. The molecule has 272 valence electrons. The molecule has 0 aromatic heterocycles. The molecule has 3 atom stereocenters. The van der Waals surface area contributed by atoms with E-state index in [4.69, 9.17) is 5.11 Å². The Labute approximate surface area is 281 Å². The number of nitrogens with one attached hydrogen (secondary N) is 7. The van der Waals surface area contributed by atoms with Crippen LogP contribution in [0.5, 0.6) is 0 Å². The van der Waals surface area contributed by atoms with Gasteiger partial charge in [0.15, 0.2) is 0 Å². The third-order valence-corrected chi connectivity index (χ3v) is 6.62. The fraction of sp³-hybridized carbons (Fsp3) is 0.586. The van der Waals surface area contributed by atoms with Gasteiger partial charge in [-0.25, -0.2) is 0 Å². The van der Waals surface area contributed by atoms with Crippen molar-refractivity contribution in [3.05, 3.63) is 0 Å². The zero-order valence-corrected chi connectivity index (χ0v) is 26.8. The molecular formula is C29H43N7O13. The Kier molecular flexibility index (Phi) is 23.5. The van der Waals surface area contributed by atoms with Gasteiger partial charge in [0.2, 0.25) is 42.9 Å². The van der Waals surface area contributed by atoms with Crippen molar-refractivity contribution >= 4 is 72.5 Å². The zero-order chi connectivity index (χ0) is 37.0. The van der Waals surface area contributed by atoms with Crippen LogP contribution in [0.25, 0.3) is 0 Å². The molecule has 0 unspecified atom stereocenters. The van der Waals surface area contributed by atoms with Crippen molar-refractivity contribution in [2.75, 3.05) is 26.2 Å². The molecule has 49 heavy (non-hydrogen) atoms. The molecule has 0 aliphatic heterocycles. The maximum absolute atomic E-state index is 13.1. The summed E-state index contributed by atoms with van der Waals surface area (Å²) in [6.45, 7) is 0.0693. The molecule has 0 aliphatic carbocycles. The smallest absolute Gasteiger partial charge is 0.305 e. The van der Waals surface area contributed by atoms with Crippen molar-refractivity contribution in [3.63, 3.8) is 0 Å². The fourth-order valence-corrected chi connectivity index (χ4v) is 4.17. The average molecular weight is 698 g/mol. The lowest BCUT2D eigenvalue weighted by Crippen LogP contribution is -2.54. The van der Waals surface area contributed by atoms with Crippen LogP contribution in [0, 0.1) is 0 Å². The van der Waals surface area contributed by atoms with Crippen molar-refractivity contribution in [1.82, 2.24) is 37.2 Å². The van der Waals surface area contributed by atoms with Crippen LogP contribution in [0.3, 0.4) is 0 Å². The molecule has 0 fully saturated rings. The summed E-state index contributed by atoms with van der Waals surface area (Å²) in [6, 6.07) is -3.54. The van der Waals surface area contributed by atoms with E-state index in [-0.39, 0.29) is 89.8 Å². The Balaban J connectivity index is 5.27. The third kappa shape index (κ3) is 21.8. The van der Waals surface area contributed by atoms with Crippen molar-refractivity contribution in [2.24, 2.45) is 0 Å². The van der Waals surface area contributed by atoms with Crippen LogP contribution in [0.15, 0.2) is 0 Å². The Morgan fingerprint density at radius 2 is 0.776 bits per heavy atom. The minimum atomic E-state index is -1.26. The average Bonchev–Trinajstić information content (AvgIpc) is 3.08. The van der Waals surface area contributed by atoms with Crippen molar-refractivity contribution in [2.45, 2.75) is 82.3 Å². The predicted molar refractivity (Wildman–Crippen MR) is 166 cm³/mol. The summed E-state index contributed by atoms with van der Waals surface area (Å²) in [5, 5.41) is 25.5. The lowest BCUT2D eigenvalue weighted by Gasteiger charge is -2.23. The highest BCUT2D eigenvalue weighted by atomic mass is 16.4. The molecule has 0 aromatic carbocycles. The Hall–Kier alpha value is -5.56. The normalized spacial score (nSPS) is 12.0. The van der Waals surface area contributed by atoms with Gasteiger partial charge in [-0.3, -0.25) is 57.5 Å². The zero-order valence-electron chi connectivity index (χ0n) is 26.8. The number of carboxylic acids is 1. The Bertz CT molecular complexity index is 1200. The summed E-state index contributed by atoms with van der Waals surface area (Å²) in [7, 11) is 0. The second-order valence-electron chi connectivity index (χ2n) is 10.5. The number of carbonyl (C=O) groups excluding carboxylic acids is 11. The van der Waals surface area contributed by atoms with Crippen molar-refractivity contribution in [1.29, 1.82) is 0 Å². The fourth-order valence-electron chi connectivity index (χ4n) is 4.17. The second-order valence-corrected chi connectivity index (χ2v) is 10.5. The van der Waals surface area contributed by atoms with E-state index in [9.17, 15) is 57.5 Å². The van der Waals surface area contributed by atoms with E-state index in [1.165, 1.54) is 0 Å². The highest BCUT2D eigenvalue weighted by Gasteiger charge is 2.27. The molecule has 0 saturated carbocycles. The molecule has 0 aromatic rings. The molecule has 0 aliphatic rings. The van der Waals surface area contributed by atoms with Crippen LogP contribution >= 0.6 is 0 Å². The van der Waals surface area contributed by atoms with Crippen LogP contribution in [-0.4, -0.2) is 122 Å². The van der Waals surface area contributed by atoms with Gasteiger partial charge in [-0.1, -0.05) is 0 Å². The third-order valence-electron chi connectivity index (χ3n) is 6.62. The number of amides is 7. The van der Waals surface area contributed by atoms with Gasteiger partial charge in [0.05, 0.1) is 6.42 Å². The van der Waals surface area contributed by atoms with Gasteiger partial charge in [-0.05, 0) is 57.8 Å². The van der Waals surface area contributed by atoms with Crippen LogP contribution in [0.2, 0.25) is 0 Å². The van der Waals surface area contributed by atoms with E-state index >= 15 is 0 Å². The van der Waals surface area contributed by atoms with Gasteiger partial charge in [-0.15, -0.1) is 0 Å². The van der Waals surface area contributed by atoms with E-state index < -0.39 is 71.9 Å². The molecule has 7 amide bonds. The monoisotopic (exact) mass is 697 g/mol. The van der Waals surface area contributed by atoms with Gasteiger partial charge >= 0.3 is 5.97 Å². The summed E-state index contributed by atoms with van der Waals surface area (Å²) in [6.07, 6.45) is 1.68. The number of aldehydes is 4. The summed E-state index contributed by atoms with van der Waals surface area (Å²) < 4.78 is 0. The van der Waals surface area contributed by atoms with Crippen molar-refractivity contribution < 1.29 is 62.6 Å². The maximum atomic E-state index is 13.1. The lowest BCUT2D eigenvalue weighted by atomic mass is 10.0. The van der Waals surface area contributed by atoms with Gasteiger partial charge in [-0.2, -0.15) is 0 Å². The minimum Gasteiger partial charge on any atom is -0.481 e. The Morgan fingerprint density at radius 3 is 1.16 bits per heavy atom. The number of carbonyl (C=O) groups is 12. The van der Waals surface area contributed by atoms with E-state index in [2.05, 4.69) is 37.2 Å². The number of hydrogen-bond donors (Lipinski definition) is 8. The standard InChI is InChI=1S/C29H43N7O13/c37-15-22(41)30-11-4-1-7-19(34-24(43)17-39)27(47)32-13-6-3-8-20(28(48)33-14-10-26(45)46)36-29(49)21(35-25(44)18-40)9-2-5-12-31-23(42)16-38/h15-21H,1-14H2,(H,30,41)(H,31,42)(H,32,47)(H,33,48)(H,34,43)(H,35,44)(H,36,49)(H,45,46)/t19-,20-,21-/m0/s1. The number of rotatable bonds is 28. The molecule has 0 heterocycles. The largest absolute Gasteiger partial charge is 0.481 e. The predicted octanol–water partition coefficient (Wildman–Crippen LogP) is -4.31. The second kappa shape index (κ2) is 26.5. The molecular weight excluding hydrogens is 654 g/mol. The topological polar surface area (TPSA) is 309 Å². The summed E-state index contributed by atoms with van der Waals surface area (Å²) in [4.78, 5) is 137. The van der Waals surface area contributed by atoms with Crippen LogP contribution in [-0.2, 0) is 57.5 Å². The molecule has 8 N–H and O–H groups in total. The highest BCUT2D eigenvalue weighted by Crippen LogP contribution is 2.07. The van der Waals surface area contributed by atoms with Gasteiger partial charge in [0.1, 0.15) is 18.1 Å². The van der Waals surface area contributed by atoms with E-state index in [0.717, 1.165) is 0 Å². The number of unbranched alkanes of at least 4 members (excludes halogenated alkanes) is 3. The van der Waals surface area contributed by atoms with Gasteiger partial charge < -0.3 is 42.3 Å². The van der Waals surface area contributed by atoms with Crippen LogP contribution in [0.1, 0.15) is 64.2 Å². The molecule has 0 spiro atoms. The first-order valence-electron chi connectivity index (χ1n) is 15.4. The van der Waals surface area contributed by atoms with Crippen LogP contribution in [0.4, 0.5) is 0 Å². The first kappa shape index (κ1) is 43.4. The quantitative estimate of drug-likeness (QED) is 0.0218. The first-order valence-corrected chi connectivity index (χ1v) is 15.4. The number of carboxylic acid groups (broad SMARTS) is 1. The summed E-state index contributed by atoms with van der Waals surface area (Å²) >= 11 is 0. The van der Waals surface area contributed by atoms with E-state index in [1.807, 2.05) is 0 Å². The van der Waals surface area contributed by atoms with Gasteiger partial charge in [0, 0.05) is 26.2 Å². The van der Waals surface area contributed by atoms with Gasteiger partial charge in [0.25, 0.3) is 23.6 Å². The first-order chi connectivity index (χ1) is 23.4. The highest BCUT2D eigenvalue weighted by molar-refractivity contribution is 6.25. The molecule has 0 rings (SSSR count). The maximum Gasteiger partial charge on any atom is 0.305 e. The SMILES string of the molecule is O=CC(=O)NCCCC[C@H](NC(=O)C=O)C(=O)NCCCC[C@H](NC(=O)[C@H](CCCCNC(=O)C=O)NC(=O)C=O)C(=O)NCCC(=O)O. The summed E-state index contributed by atoms with van der Waals surface area (Å²) in [5.74, 6) is -7.08. The lowest BCUT2D eigenvalue weighted by molar-refractivity contribution is -0.137. The number of aliphatic carboxylic acids is 1. The summed E-state index contributed by atoms with van der Waals surface area (Å²) in [5.41, 5.74) is 0. The molecule has 20 nitrogen and oxygen atoms in total. The van der Waals surface area contributed by atoms with E-state index in [0.29, 0.717) is 19.3 Å². The van der Waals surface area contributed by atoms with Crippen LogP contribution < -0.4 is 37.2 Å².